The molecule has 4 rings (SSSR count). The number of hydrogen-bond donors (Lipinski definition) is 1. The van der Waals surface area contributed by atoms with Crippen LogP contribution in [-0.2, 0) is 6.54 Å². The smallest absolute Gasteiger partial charge is 0.255 e. The lowest BCUT2D eigenvalue weighted by atomic mass is 10.0. The van der Waals surface area contributed by atoms with E-state index in [0.29, 0.717) is 18.4 Å². The van der Waals surface area contributed by atoms with Crippen molar-refractivity contribution >= 4 is 5.91 Å². The standard InChI is InChI=1S/C20H25N3O2/c1-12(2)10-23-19(14-5-6-14)16(9-21-23)20(24)22-17-11-25-18-7-4-13(3)8-15(17)18/h4,7-9,12,14,17H,5-6,10-11H2,1-3H3,(H,22,24). The number of amides is 1. The zero-order valence-corrected chi connectivity index (χ0v) is 15.1. The fraction of sp³-hybridized carbons (Fsp3) is 0.500. The summed E-state index contributed by atoms with van der Waals surface area (Å²) in [6.07, 6.45) is 4.04. The fourth-order valence-electron chi connectivity index (χ4n) is 3.54. The summed E-state index contributed by atoms with van der Waals surface area (Å²) >= 11 is 0. The van der Waals surface area contributed by atoms with Crippen molar-refractivity contribution in [3.05, 3.63) is 46.8 Å². The zero-order valence-electron chi connectivity index (χ0n) is 15.1. The fourth-order valence-corrected chi connectivity index (χ4v) is 3.54. The molecule has 1 N–H and O–H groups in total. The molecule has 1 aromatic heterocycles. The molecule has 2 aliphatic rings. The summed E-state index contributed by atoms with van der Waals surface area (Å²) in [5.74, 6) is 1.82. The van der Waals surface area contributed by atoms with Crippen molar-refractivity contribution in [1.29, 1.82) is 0 Å². The third-order valence-corrected chi connectivity index (χ3v) is 4.88. The highest BCUT2D eigenvalue weighted by Crippen LogP contribution is 2.42. The van der Waals surface area contributed by atoms with E-state index in [4.69, 9.17) is 4.74 Å². The molecule has 0 bridgehead atoms. The highest BCUT2D eigenvalue weighted by atomic mass is 16.5. The molecule has 5 heteroatoms. The topological polar surface area (TPSA) is 56.2 Å². The number of rotatable bonds is 5. The van der Waals surface area contributed by atoms with Gasteiger partial charge in [-0.2, -0.15) is 5.10 Å². The van der Waals surface area contributed by atoms with E-state index >= 15 is 0 Å². The van der Waals surface area contributed by atoms with Crippen molar-refractivity contribution in [2.24, 2.45) is 5.92 Å². The summed E-state index contributed by atoms with van der Waals surface area (Å²) < 4.78 is 7.74. The van der Waals surface area contributed by atoms with Crippen LogP contribution < -0.4 is 10.1 Å². The first-order valence-electron chi connectivity index (χ1n) is 9.13. The summed E-state index contributed by atoms with van der Waals surface area (Å²) in [5, 5.41) is 7.65. The number of aryl methyl sites for hydroxylation is 1. The first-order valence-corrected chi connectivity index (χ1v) is 9.13. The Morgan fingerprint density at radius 3 is 2.92 bits per heavy atom. The van der Waals surface area contributed by atoms with E-state index in [1.54, 1.807) is 6.20 Å². The van der Waals surface area contributed by atoms with Gasteiger partial charge in [-0.15, -0.1) is 0 Å². The van der Waals surface area contributed by atoms with E-state index in [0.717, 1.165) is 42.0 Å². The van der Waals surface area contributed by atoms with Crippen molar-refractivity contribution in [2.45, 2.75) is 52.1 Å². The van der Waals surface area contributed by atoms with Crippen LogP contribution in [0.2, 0.25) is 0 Å². The Morgan fingerprint density at radius 1 is 1.40 bits per heavy atom. The van der Waals surface area contributed by atoms with Gasteiger partial charge in [-0.05, 0) is 31.7 Å². The predicted octanol–water partition coefficient (Wildman–Crippen LogP) is 3.59. The Kier molecular flexibility index (Phi) is 4.02. The molecule has 1 aromatic carbocycles. The number of hydrogen-bond acceptors (Lipinski definition) is 3. The average Bonchev–Trinajstić information content (AvgIpc) is 3.21. The lowest BCUT2D eigenvalue weighted by Crippen LogP contribution is -2.30. The minimum atomic E-state index is -0.0945. The Morgan fingerprint density at radius 2 is 2.20 bits per heavy atom. The minimum Gasteiger partial charge on any atom is -0.491 e. The molecule has 1 amide bonds. The third-order valence-electron chi connectivity index (χ3n) is 4.88. The van der Waals surface area contributed by atoms with E-state index in [2.05, 4.69) is 37.3 Å². The third kappa shape index (κ3) is 3.15. The van der Waals surface area contributed by atoms with E-state index in [-0.39, 0.29) is 11.9 Å². The molecular formula is C20H25N3O2. The quantitative estimate of drug-likeness (QED) is 0.906. The number of nitrogens with zero attached hydrogens (tertiary/aromatic N) is 2. The number of aromatic nitrogens is 2. The van der Waals surface area contributed by atoms with Crippen molar-refractivity contribution in [1.82, 2.24) is 15.1 Å². The number of ether oxygens (including phenoxy) is 1. The summed E-state index contributed by atoms with van der Waals surface area (Å²) in [6.45, 7) is 7.75. The zero-order chi connectivity index (χ0) is 17.6. The number of fused-ring (bicyclic) bond motifs is 1. The van der Waals surface area contributed by atoms with Gasteiger partial charge in [0.1, 0.15) is 12.4 Å². The van der Waals surface area contributed by atoms with Crippen LogP contribution >= 0.6 is 0 Å². The Labute approximate surface area is 148 Å². The Balaban J connectivity index is 1.57. The van der Waals surface area contributed by atoms with Gasteiger partial charge in [-0.3, -0.25) is 9.48 Å². The molecule has 1 saturated carbocycles. The van der Waals surface area contributed by atoms with Crippen LogP contribution in [0.5, 0.6) is 5.75 Å². The summed E-state index contributed by atoms with van der Waals surface area (Å²) in [6, 6.07) is 6.01. The predicted molar refractivity (Wildman–Crippen MR) is 95.9 cm³/mol. The second-order valence-electron chi connectivity index (χ2n) is 7.67. The molecule has 5 nitrogen and oxygen atoms in total. The van der Waals surface area contributed by atoms with Crippen molar-refractivity contribution < 1.29 is 9.53 Å². The molecule has 1 aliphatic heterocycles. The van der Waals surface area contributed by atoms with Crippen LogP contribution in [0.3, 0.4) is 0 Å². The van der Waals surface area contributed by atoms with Crippen LogP contribution in [0.25, 0.3) is 0 Å². The SMILES string of the molecule is Cc1ccc2c(c1)C(NC(=O)c1cnn(CC(C)C)c1C1CC1)CO2. The van der Waals surface area contributed by atoms with Gasteiger partial charge in [-0.1, -0.05) is 31.5 Å². The van der Waals surface area contributed by atoms with Gasteiger partial charge >= 0.3 is 0 Å². The van der Waals surface area contributed by atoms with E-state index in [1.165, 1.54) is 5.56 Å². The first kappa shape index (κ1) is 16.2. The molecule has 0 radical (unpaired) electrons. The van der Waals surface area contributed by atoms with Gasteiger partial charge in [-0.25, -0.2) is 0 Å². The van der Waals surface area contributed by atoms with Crippen LogP contribution in [0.15, 0.2) is 24.4 Å². The van der Waals surface area contributed by atoms with Crippen molar-refractivity contribution in [3.63, 3.8) is 0 Å². The van der Waals surface area contributed by atoms with Crippen LogP contribution in [-0.4, -0.2) is 22.3 Å². The molecule has 25 heavy (non-hydrogen) atoms. The lowest BCUT2D eigenvalue weighted by molar-refractivity contribution is 0.0929. The number of benzene rings is 1. The van der Waals surface area contributed by atoms with E-state index in [1.807, 2.05) is 16.8 Å². The lowest BCUT2D eigenvalue weighted by Gasteiger charge is -2.14. The van der Waals surface area contributed by atoms with Gasteiger partial charge in [0.05, 0.1) is 23.5 Å². The summed E-state index contributed by atoms with van der Waals surface area (Å²) in [7, 11) is 0. The molecule has 1 unspecified atom stereocenters. The molecule has 1 aliphatic carbocycles. The molecule has 132 valence electrons. The van der Waals surface area contributed by atoms with E-state index in [9.17, 15) is 4.79 Å². The number of carbonyl (C=O) groups excluding carboxylic acids is 1. The summed E-state index contributed by atoms with van der Waals surface area (Å²) in [4.78, 5) is 12.9. The molecule has 1 fully saturated rings. The molecule has 2 heterocycles. The minimum absolute atomic E-state index is 0.0418. The molecule has 0 saturated heterocycles. The van der Waals surface area contributed by atoms with Crippen LogP contribution in [0.1, 0.15) is 65.8 Å². The van der Waals surface area contributed by atoms with Crippen LogP contribution in [0, 0.1) is 12.8 Å². The van der Waals surface area contributed by atoms with Gasteiger partial charge in [0.15, 0.2) is 0 Å². The maximum atomic E-state index is 12.9. The maximum Gasteiger partial charge on any atom is 0.255 e. The second-order valence-corrected chi connectivity index (χ2v) is 7.67. The number of nitrogens with one attached hydrogen (secondary N) is 1. The monoisotopic (exact) mass is 339 g/mol. The maximum absolute atomic E-state index is 12.9. The van der Waals surface area contributed by atoms with Gasteiger partial charge < -0.3 is 10.1 Å². The Bertz CT molecular complexity index is 805. The largest absolute Gasteiger partial charge is 0.491 e. The van der Waals surface area contributed by atoms with Crippen LogP contribution in [0.4, 0.5) is 0 Å². The molecule has 0 spiro atoms. The normalized spacial score (nSPS) is 19.0. The molecule has 1 atom stereocenters. The average molecular weight is 339 g/mol. The second kappa shape index (κ2) is 6.21. The van der Waals surface area contributed by atoms with Crippen molar-refractivity contribution in [2.75, 3.05) is 6.61 Å². The van der Waals surface area contributed by atoms with Crippen molar-refractivity contribution in [3.8, 4) is 5.75 Å². The van der Waals surface area contributed by atoms with Gasteiger partial charge in [0, 0.05) is 18.0 Å². The van der Waals surface area contributed by atoms with Gasteiger partial charge in [0.2, 0.25) is 0 Å². The van der Waals surface area contributed by atoms with Gasteiger partial charge in [0.25, 0.3) is 5.91 Å². The highest BCUT2D eigenvalue weighted by Gasteiger charge is 2.34. The highest BCUT2D eigenvalue weighted by molar-refractivity contribution is 5.95. The van der Waals surface area contributed by atoms with E-state index < -0.39 is 0 Å². The first-order chi connectivity index (χ1) is 12.0. The Hall–Kier alpha value is -2.30. The number of carbonyl (C=O) groups is 1. The molecular weight excluding hydrogens is 314 g/mol. The summed E-state index contributed by atoms with van der Waals surface area (Å²) in [5.41, 5.74) is 4.07. The molecule has 2 aromatic rings.